The molecule has 5 heteroatoms. The summed E-state index contributed by atoms with van der Waals surface area (Å²) in [5.74, 6) is -0.562. The fourth-order valence-corrected chi connectivity index (χ4v) is 2.72. The van der Waals surface area contributed by atoms with E-state index >= 15 is 0 Å². The van der Waals surface area contributed by atoms with E-state index in [-0.39, 0.29) is 11.9 Å². The van der Waals surface area contributed by atoms with E-state index in [1.165, 1.54) is 0 Å². The standard InChI is InChI=1S/C18H18N2O3/c1-4-23-18(22)12-5-6-15-13(8-12)14(17(21)20-15)9-16-10(2)7-11(3)19-16/h5-9,19H,4H2,1-3H3,(H,20,21). The molecule has 0 atom stereocenters. The molecule has 5 nitrogen and oxygen atoms in total. The maximum Gasteiger partial charge on any atom is 0.338 e. The Morgan fingerprint density at radius 3 is 2.70 bits per heavy atom. The second-order valence-corrected chi connectivity index (χ2v) is 5.54. The van der Waals surface area contributed by atoms with Crippen molar-refractivity contribution in [2.75, 3.05) is 11.9 Å². The second kappa shape index (κ2) is 5.76. The van der Waals surface area contributed by atoms with Crippen molar-refractivity contribution in [3.05, 3.63) is 52.3 Å². The summed E-state index contributed by atoms with van der Waals surface area (Å²) in [6.07, 6.45) is 1.82. The van der Waals surface area contributed by atoms with E-state index in [0.29, 0.717) is 29.0 Å². The van der Waals surface area contributed by atoms with E-state index in [1.54, 1.807) is 25.1 Å². The summed E-state index contributed by atoms with van der Waals surface area (Å²) in [5, 5.41) is 2.82. The van der Waals surface area contributed by atoms with Crippen LogP contribution in [0.1, 0.15) is 39.8 Å². The molecule has 1 aliphatic heterocycles. The lowest BCUT2D eigenvalue weighted by molar-refractivity contribution is -0.110. The molecular formula is C18H18N2O3. The Hall–Kier alpha value is -2.82. The Morgan fingerprint density at radius 1 is 1.26 bits per heavy atom. The zero-order chi connectivity index (χ0) is 16.6. The first-order valence-electron chi connectivity index (χ1n) is 7.50. The number of hydrogen-bond donors (Lipinski definition) is 2. The van der Waals surface area contributed by atoms with Crippen LogP contribution in [0.2, 0.25) is 0 Å². The van der Waals surface area contributed by atoms with Crippen LogP contribution in [0.4, 0.5) is 5.69 Å². The first kappa shape index (κ1) is 15.1. The quantitative estimate of drug-likeness (QED) is 0.675. The number of fused-ring (bicyclic) bond motifs is 1. The van der Waals surface area contributed by atoms with Gasteiger partial charge >= 0.3 is 5.97 Å². The Bertz CT molecular complexity index is 831. The number of H-pyrrole nitrogens is 1. The average Bonchev–Trinajstić information content (AvgIpc) is 2.99. The van der Waals surface area contributed by atoms with Gasteiger partial charge in [0, 0.05) is 22.6 Å². The number of carbonyl (C=O) groups is 2. The zero-order valence-corrected chi connectivity index (χ0v) is 13.3. The van der Waals surface area contributed by atoms with Crippen molar-refractivity contribution in [3.63, 3.8) is 0 Å². The van der Waals surface area contributed by atoms with E-state index in [9.17, 15) is 9.59 Å². The first-order chi connectivity index (χ1) is 11.0. The molecule has 0 bridgehead atoms. The van der Waals surface area contributed by atoms with Crippen molar-refractivity contribution >= 4 is 29.2 Å². The van der Waals surface area contributed by atoms with Crippen LogP contribution in [0.25, 0.3) is 11.6 Å². The first-order valence-corrected chi connectivity index (χ1v) is 7.50. The Morgan fingerprint density at radius 2 is 2.04 bits per heavy atom. The SMILES string of the molecule is CCOC(=O)c1ccc2c(c1)C(=Cc1[nH]c(C)cc1C)C(=O)N2. The van der Waals surface area contributed by atoms with E-state index in [4.69, 9.17) is 4.74 Å². The highest BCUT2D eigenvalue weighted by Crippen LogP contribution is 2.34. The molecule has 0 unspecified atom stereocenters. The van der Waals surface area contributed by atoms with Crippen molar-refractivity contribution in [3.8, 4) is 0 Å². The van der Waals surface area contributed by atoms with E-state index in [1.807, 2.05) is 26.0 Å². The minimum atomic E-state index is -0.388. The molecule has 2 N–H and O–H groups in total. The molecular weight excluding hydrogens is 292 g/mol. The second-order valence-electron chi connectivity index (χ2n) is 5.54. The number of ether oxygens (including phenoxy) is 1. The number of aromatic nitrogens is 1. The Balaban J connectivity index is 2.05. The summed E-state index contributed by atoms with van der Waals surface area (Å²) < 4.78 is 5.02. The van der Waals surface area contributed by atoms with Crippen molar-refractivity contribution < 1.29 is 14.3 Å². The summed E-state index contributed by atoms with van der Waals surface area (Å²) in [6, 6.07) is 7.11. The molecule has 3 rings (SSSR count). The zero-order valence-electron chi connectivity index (χ0n) is 13.3. The molecule has 0 saturated heterocycles. The number of carbonyl (C=O) groups excluding carboxylic acids is 2. The van der Waals surface area contributed by atoms with Gasteiger partial charge in [0.25, 0.3) is 5.91 Å². The minimum Gasteiger partial charge on any atom is -0.462 e. The number of benzene rings is 1. The molecule has 0 radical (unpaired) electrons. The Labute approximate surface area is 134 Å². The van der Waals surface area contributed by atoms with Crippen LogP contribution in [0.5, 0.6) is 0 Å². The van der Waals surface area contributed by atoms with Crippen molar-refractivity contribution in [2.45, 2.75) is 20.8 Å². The molecule has 23 heavy (non-hydrogen) atoms. The van der Waals surface area contributed by atoms with Crippen molar-refractivity contribution in [1.82, 2.24) is 4.98 Å². The van der Waals surface area contributed by atoms with Gasteiger partial charge in [0.2, 0.25) is 0 Å². The molecule has 1 amide bonds. The lowest BCUT2D eigenvalue weighted by Gasteiger charge is -2.04. The number of rotatable bonds is 3. The molecule has 0 spiro atoms. The van der Waals surface area contributed by atoms with Crippen LogP contribution in [-0.4, -0.2) is 23.5 Å². The van der Waals surface area contributed by atoms with Gasteiger partial charge in [-0.15, -0.1) is 0 Å². The molecule has 1 aromatic heterocycles. The highest BCUT2D eigenvalue weighted by atomic mass is 16.5. The molecule has 0 aliphatic carbocycles. The van der Waals surface area contributed by atoms with Crippen LogP contribution < -0.4 is 5.32 Å². The van der Waals surface area contributed by atoms with Gasteiger partial charge in [0.1, 0.15) is 0 Å². The van der Waals surface area contributed by atoms with Crippen LogP contribution in [0.3, 0.4) is 0 Å². The smallest absolute Gasteiger partial charge is 0.338 e. The molecule has 2 aromatic rings. The molecule has 0 saturated carbocycles. The number of nitrogens with one attached hydrogen (secondary N) is 2. The summed E-state index contributed by atoms with van der Waals surface area (Å²) in [7, 11) is 0. The summed E-state index contributed by atoms with van der Waals surface area (Å²) in [5.41, 5.74) is 5.39. The van der Waals surface area contributed by atoms with Gasteiger partial charge < -0.3 is 15.0 Å². The third kappa shape index (κ3) is 2.77. The number of aryl methyl sites for hydroxylation is 2. The largest absolute Gasteiger partial charge is 0.462 e. The minimum absolute atomic E-state index is 0.173. The molecule has 2 heterocycles. The normalized spacial score (nSPS) is 14.7. The van der Waals surface area contributed by atoms with Gasteiger partial charge in [-0.3, -0.25) is 4.79 Å². The maximum absolute atomic E-state index is 12.3. The van der Waals surface area contributed by atoms with Crippen LogP contribution in [0, 0.1) is 13.8 Å². The summed E-state index contributed by atoms with van der Waals surface area (Å²) in [6.45, 7) is 6.03. The molecule has 118 valence electrons. The highest BCUT2D eigenvalue weighted by molar-refractivity contribution is 6.35. The van der Waals surface area contributed by atoms with Gasteiger partial charge in [0.05, 0.1) is 17.7 Å². The van der Waals surface area contributed by atoms with E-state index < -0.39 is 0 Å². The van der Waals surface area contributed by atoms with Gasteiger partial charge in [-0.2, -0.15) is 0 Å². The van der Waals surface area contributed by atoms with Gasteiger partial charge in [-0.1, -0.05) is 0 Å². The van der Waals surface area contributed by atoms with Crippen LogP contribution >= 0.6 is 0 Å². The monoisotopic (exact) mass is 310 g/mol. The third-order valence-corrected chi connectivity index (χ3v) is 3.79. The molecule has 1 aliphatic rings. The Kier molecular flexibility index (Phi) is 3.78. The summed E-state index contributed by atoms with van der Waals surface area (Å²) in [4.78, 5) is 27.4. The maximum atomic E-state index is 12.3. The average molecular weight is 310 g/mol. The number of hydrogen-bond acceptors (Lipinski definition) is 3. The van der Waals surface area contributed by atoms with Gasteiger partial charge in [-0.05, 0) is 56.7 Å². The number of aromatic amines is 1. The van der Waals surface area contributed by atoms with E-state index in [0.717, 1.165) is 17.0 Å². The number of esters is 1. The number of amides is 1. The van der Waals surface area contributed by atoms with Crippen molar-refractivity contribution in [2.24, 2.45) is 0 Å². The highest BCUT2D eigenvalue weighted by Gasteiger charge is 2.25. The van der Waals surface area contributed by atoms with Gasteiger partial charge in [-0.25, -0.2) is 4.79 Å². The topological polar surface area (TPSA) is 71.2 Å². The fraction of sp³-hybridized carbons (Fsp3) is 0.222. The van der Waals surface area contributed by atoms with E-state index in [2.05, 4.69) is 10.3 Å². The van der Waals surface area contributed by atoms with Crippen molar-refractivity contribution in [1.29, 1.82) is 0 Å². The predicted molar refractivity (Wildman–Crippen MR) is 89.2 cm³/mol. The lowest BCUT2D eigenvalue weighted by atomic mass is 10.0. The summed E-state index contributed by atoms with van der Waals surface area (Å²) >= 11 is 0. The predicted octanol–water partition coefficient (Wildman–Crippen LogP) is 3.30. The van der Waals surface area contributed by atoms with Gasteiger partial charge in [0.15, 0.2) is 0 Å². The third-order valence-electron chi connectivity index (χ3n) is 3.79. The van der Waals surface area contributed by atoms with Crippen LogP contribution in [-0.2, 0) is 9.53 Å². The molecule has 1 aromatic carbocycles. The molecule has 0 fully saturated rings. The lowest BCUT2D eigenvalue weighted by Crippen LogP contribution is -2.04. The number of anilines is 1. The fourth-order valence-electron chi connectivity index (χ4n) is 2.72. The van der Waals surface area contributed by atoms with Crippen LogP contribution in [0.15, 0.2) is 24.3 Å².